The molecule has 0 fully saturated rings. The third-order valence-corrected chi connectivity index (χ3v) is 9.32. The zero-order chi connectivity index (χ0) is 35.2. The molecule has 5 aromatic heterocycles. The van der Waals surface area contributed by atoms with Crippen LogP contribution >= 0.6 is 0 Å². The van der Waals surface area contributed by atoms with E-state index in [1.54, 1.807) is 6.20 Å². The quantitative estimate of drug-likeness (QED) is 0.119. The summed E-state index contributed by atoms with van der Waals surface area (Å²) in [7, 11) is 0. The molecule has 0 aliphatic rings. The summed E-state index contributed by atoms with van der Waals surface area (Å²) in [4.78, 5) is 14.3. The Labute approximate surface area is 321 Å². The SMILES string of the molecule is Cc1ccnc(-n2c3[c-]c(Oc4[c-]c(-n5nc(-c6ccccn6)c(-c6c(C)cccc6C)c5-c5ccccn5)ccc4)ccc3c3ccccc32)c1.[Pd+2]. The van der Waals surface area contributed by atoms with Crippen molar-refractivity contribution in [3.8, 4) is 56.9 Å². The molecule has 0 N–H and O–H groups in total. The molecule has 9 aromatic rings. The van der Waals surface area contributed by atoms with Crippen molar-refractivity contribution in [3.63, 3.8) is 0 Å². The number of fused-ring (bicyclic) bond motifs is 3. The average molecular weight is 779 g/mol. The normalized spacial score (nSPS) is 11.2. The van der Waals surface area contributed by atoms with E-state index in [-0.39, 0.29) is 20.4 Å². The first-order chi connectivity index (χ1) is 25.5. The predicted molar refractivity (Wildman–Crippen MR) is 206 cm³/mol. The first-order valence-corrected chi connectivity index (χ1v) is 17.1. The van der Waals surface area contributed by atoms with Gasteiger partial charge in [-0.25, -0.2) is 4.98 Å². The largest absolute Gasteiger partial charge is 2.00 e. The van der Waals surface area contributed by atoms with E-state index in [0.717, 1.165) is 78.2 Å². The molecule has 0 bridgehead atoms. The summed E-state index contributed by atoms with van der Waals surface area (Å²) in [5, 5.41) is 7.46. The van der Waals surface area contributed by atoms with E-state index in [1.807, 2.05) is 89.9 Å². The van der Waals surface area contributed by atoms with Gasteiger partial charge >= 0.3 is 20.4 Å². The van der Waals surface area contributed by atoms with Crippen LogP contribution in [0.15, 0.2) is 140 Å². The van der Waals surface area contributed by atoms with Gasteiger partial charge in [-0.2, -0.15) is 17.2 Å². The van der Waals surface area contributed by atoms with Gasteiger partial charge in [-0.1, -0.05) is 54.0 Å². The van der Waals surface area contributed by atoms with Gasteiger partial charge in [0, 0.05) is 41.2 Å². The molecule has 0 unspecified atom stereocenters. The summed E-state index contributed by atoms with van der Waals surface area (Å²) >= 11 is 0. The number of aromatic nitrogens is 6. The summed E-state index contributed by atoms with van der Waals surface area (Å²) in [5.74, 6) is 1.92. The van der Waals surface area contributed by atoms with Crippen LogP contribution in [0.3, 0.4) is 0 Å². The van der Waals surface area contributed by atoms with Crippen LogP contribution in [0.25, 0.3) is 67.2 Å². The molecule has 0 aliphatic heterocycles. The van der Waals surface area contributed by atoms with E-state index in [0.29, 0.717) is 17.2 Å². The van der Waals surface area contributed by atoms with E-state index in [4.69, 9.17) is 24.8 Å². The Morgan fingerprint density at radius 1 is 0.585 bits per heavy atom. The number of aryl methyl sites for hydroxylation is 3. The first-order valence-electron chi connectivity index (χ1n) is 17.1. The minimum Gasteiger partial charge on any atom is -0.509 e. The molecule has 0 amide bonds. The number of hydrogen-bond acceptors (Lipinski definition) is 5. The van der Waals surface area contributed by atoms with Crippen LogP contribution in [-0.4, -0.2) is 29.3 Å². The third-order valence-electron chi connectivity index (χ3n) is 9.32. The maximum atomic E-state index is 6.54. The third kappa shape index (κ3) is 6.12. The van der Waals surface area contributed by atoms with E-state index < -0.39 is 0 Å². The molecule has 8 heteroatoms. The standard InChI is InChI=1S/C45H32N6O.Pd/c1-29-22-25-48-41(26-29)50-39-19-5-4-16-35(39)36-21-20-34(28-40(36)50)52-33-15-11-14-32(27-33)51-45(38-18-7-9-24-47-38)43(42-30(2)12-10-13-31(42)3)44(49-51)37-17-6-8-23-46-37;/h4-26H,1-3H3;/q-2;+2. The molecule has 7 nitrogen and oxygen atoms in total. The van der Waals surface area contributed by atoms with E-state index in [9.17, 15) is 0 Å². The van der Waals surface area contributed by atoms with Gasteiger partial charge in [0.05, 0.1) is 17.1 Å². The van der Waals surface area contributed by atoms with Crippen molar-refractivity contribution in [2.45, 2.75) is 20.8 Å². The van der Waals surface area contributed by atoms with Gasteiger partial charge in [0.25, 0.3) is 0 Å². The van der Waals surface area contributed by atoms with E-state index in [1.165, 1.54) is 0 Å². The van der Waals surface area contributed by atoms with Gasteiger partial charge < -0.3 is 9.30 Å². The second-order valence-electron chi connectivity index (χ2n) is 12.8. The molecule has 258 valence electrons. The molecular formula is C45H32N6OPd. The molecule has 0 atom stereocenters. The van der Waals surface area contributed by atoms with Crippen molar-refractivity contribution in [1.82, 2.24) is 29.3 Å². The molecule has 5 heterocycles. The van der Waals surface area contributed by atoms with E-state index in [2.05, 4.69) is 86.0 Å². The Balaban J connectivity index is 0.00000400. The van der Waals surface area contributed by atoms with Gasteiger partial charge in [-0.15, -0.1) is 35.7 Å². The Hall–Kier alpha value is -6.20. The molecule has 53 heavy (non-hydrogen) atoms. The smallest absolute Gasteiger partial charge is 0.509 e. The molecule has 9 rings (SSSR count). The number of nitrogens with zero attached hydrogens (tertiary/aromatic N) is 6. The van der Waals surface area contributed by atoms with Crippen LogP contribution in [-0.2, 0) is 20.4 Å². The maximum Gasteiger partial charge on any atom is 2.00 e. The Morgan fingerprint density at radius 2 is 1.30 bits per heavy atom. The van der Waals surface area contributed by atoms with Crippen LogP contribution in [0, 0.1) is 32.9 Å². The predicted octanol–water partition coefficient (Wildman–Crippen LogP) is 10.5. The van der Waals surface area contributed by atoms with Crippen molar-refractivity contribution in [1.29, 1.82) is 0 Å². The summed E-state index contributed by atoms with van der Waals surface area (Å²) in [6, 6.07) is 47.5. The zero-order valence-electron chi connectivity index (χ0n) is 29.2. The number of para-hydroxylation sites is 1. The molecule has 0 spiro atoms. The monoisotopic (exact) mass is 778 g/mol. The van der Waals surface area contributed by atoms with Gasteiger partial charge in [0.1, 0.15) is 11.5 Å². The number of rotatable bonds is 7. The summed E-state index contributed by atoms with van der Waals surface area (Å²) in [6.45, 7) is 6.34. The van der Waals surface area contributed by atoms with Crippen molar-refractivity contribution in [2.24, 2.45) is 0 Å². The molecule has 4 aromatic carbocycles. The Morgan fingerprint density at radius 3 is 2.06 bits per heavy atom. The van der Waals surface area contributed by atoms with Crippen LogP contribution in [0.4, 0.5) is 0 Å². The minimum absolute atomic E-state index is 0. The van der Waals surface area contributed by atoms with Crippen LogP contribution in [0.5, 0.6) is 11.5 Å². The maximum absolute atomic E-state index is 6.54. The molecule has 0 radical (unpaired) electrons. The summed E-state index contributed by atoms with van der Waals surface area (Å²) in [6.07, 6.45) is 5.44. The van der Waals surface area contributed by atoms with Gasteiger partial charge in [0.2, 0.25) is 0 Å². The van der Waals surface area contributed by atoms with Crippen molar-refractivity contribution in [3.05, 3.63) is 169 Å². The second kappa shape index (κ2) is 14.1. The van der Waals surface area contributed by atoms with Crippen molar-refractivity contribution in [2.75, 3.05) is 0 Å². The minimum atomic E-state index is 0. The van der Waals surface area contributed by atoms with Gasteiger partial charge in [-0.05, 0) is 96.6 Å². The van der Waals surface area contributed by atoms with Crippen LogP contribution in [0.2, 0.25) is 0 Å². The molecule has 0 saturated carbocycles. The van der Waals surface area contributed by atoms with Crippen LogP contribution in [0.1, 0.15) is 16.7 Å². The average Bonchev–Trinajstić information content (AvgIpc) is 3.72. The fourth-order valence-corrected chi connectivity index (χ4v) is 7.01. The zero-order valence-corrected chi connectivity index (χ0v) is 30.7. The summed E-state index contributed by atoms with van der Waals surface area (Å²) < 4.78 is 10.6. The summed E-state index contributed by atoms with van der Waals surface area (Å²) in [5.41, 5.74) is 11.3. The topological polar surface area (TPSA) is 70.7 Å². The molecular weight excluding hydrogens is 747 g/mol. The Kier molecular flexibility index (Phi) is 9.01. The molecule has 0 saturated heterocycles. The second-order valence-corrected chi connectivity index (χ2v) is 12.8. The Bertz CT molecular complexity index is 2740. The molecule has 0 aliphatic carbocycles. The van der Waals surface area contributed by atoms with Crippen molar-refractivity contribution < 1.29 is 25.2 Å². The fourth-order valence-electron chi connectivity index (χ4n) is 7.01. The van der Waals surface area contributed by atoms with Gasteiger partial charge in [0.15, 0.2) is 0 Å². The van der Waals surface area contributed by atoms with Crippen LogP contribution < -0.4 is 4.74 Å². The fraction of sp³-hybridized carbons (Fsp3) is 0.0667. The number of hydrogen-bond donors (Lipinski definition) is 0. The number of pyridine rings is 3. The number of ether oxygens (including phenoxy) is 1. The first kappa shape index (κ1) is 33.9. The van der Waals surface area contributed by atoms with Gasteiger partial charge in [-0.3, -0.25) is 14.6 Å². The van der Waals surface area contributed by atoms with E-state index >= 15 is 0 Å². The number of benzene rings is 4. The van der Waals surface area contributed by atoms with Crippen molar-refractivity contribution >= 4 is 21.8 Å².